The number of ether oxygens (including phenoxy) is 2. The van der Waals surface area contributed by atoms with Crippen LogP contribution in [0.25, 0.3) is 6.08 Å². The lowest BCUT2D eigenvalue weighted by molar-refractivity contribution is -0.124. The summed E-state index contributed by atoms with van der Waals surface area (Å²) < 4.78 is 11.1. The van der Waals surface area contributed by atoms with Crippen molar-refractivity contribution in [3.8, 4) is 11.5 Å². The Balaban J connectivity index is 1.69. The summed E-state index contributed by atoms with van der Waals surface area (Å²) in [6.07, 6.45) is 10.5. The van der Waals surface area contributed by atoms with Crippen molar-refractivity contribution in [3.63, 3.8) is 0 Å². The second-order valence-electron chi connectivity index (χ2n) is 7.64. The van der Waals surface area contributed by atoms with Gasteiger partial charge >= 0.3 is 0 Å². The Bertz CT molecular complexity index is 1050. The summed E-state index contributed by atoms with van der Waals surface area (Å²) in [5.74, 6) is 1.30. The molecule has 0 N–H and O–H groups in total. The van der Waals surface area contributed by atoms with Crippen LogP contribution in [0.1, 0.15) is 44.6 Å². The molecule has 1 aromatic carbocycles. The number of hydrogen-bond donors (Lipinski definition) is 0. The number of pyridine rings is 1. The van der Waals surface area contributed by atoms with Gasteiger partial charge in [-0.15, -0.1) is 0 Å². The number of hydrogen-bond acceptors (Lipinski definition) is 6. The number of carbonyl (C=O) groups excluding carboxylic acids is 1. The minimum Gasteiger partial charge on any atom is -0.493 e. The first-order chi connectivity index (χ1) is 15.6. The predicted molar refractivity (Wildman–Crippen MR) is 130 cm³/mol. The molecule has 6 nitrogen and oxygen atoms in total. The molecule has 168 valence electrons. The van der Waals surface area contributed by atoms with Crippen LogP contribution in [0.4, 0.5) is 5.69 Å². The molecular weight excluding hydrogens is 446 g/mol. The van der Waals surface area contributed by atoms with Gasteiger partial charge in [0.2, 0.25) is 0 Å². The smallest absolute Gasteiger partial charge is 0.267 e. The number of thioether (sulfide) groups is 1. The zero-order chi connectivity index (χ0) is 22.5. The lowest BCUT2D eigenvalue weighted by Crippen LogP contribution is -2.40. The molecule has 4 rings (SSSR count). The highest BCUT2D eigenvalue weighted by Crippen LogP contribution is 2.40. The minimum absolute atomic E-state index is 0.0151. The lowest BCUT2D eigenvalue weighted by atomic mass is 9.94. The topological polar surface area (TPSA) is 64.0 Å². The number of rotatable bonds is 6. The zero-order valence-electron chi connectivity index (χ0n) is 18.2. The molecule has 2 heterocycles. The third kappa shape index (κ3) is 4.94. The van der Waals surface area contributed by atoms with Crippen LogP contribution in [0.2, 0.25) is 5.02 Å². The van der Waals surface area contributed by atoms with E-state index in [9.17, 15) is 4.79 Å². The molecule has 1 saturated heterocycles. The number of benzene rings is 1. The molecule has 1 aliphatic carbocycles. The summed E-state index contributed by atoms with van der Waals surface area (Å²) in [4.78, 5) is 24.7. The normalized spacial score (nSPS) is 19.7. The van der Waals surface area contributed by atoms with E-state index in [0.29, 0.717) is 38.9 Å². The Hall–Kier alpha value is -2.51. The van der Waals surface area contributed by atoms with Gasteiger partial charge in [-0.05, 0) is 61.4 Å². The van der Waals surface area contributed by atoms with Crippen molar-refractivity contribution in [3.05, 3.63) is 52.2 Å². The van der Waals surface area contributed by atoms with E-state index in [1.807, 2.05) is 36.1 Å². The summed E-state index contributed by atoms with van der Waals surface area (Å²) >= 11 is 7.67. The van der Waals surface area contributed by atoms with E-state index in [4.69, 9.17) is 26.1 Å². The fourth-order valence-electron chi connectivity index (χ4n) is 3.99. The summed E-state index contributed by atoms with van der Waals surface area (Å²) in [5.41, 5.74) is 1.48. The van der Waals surface area contributed by atoms with Crippen LogP contribution in [0, 0.1) is 0 Å². The summed E-state index contributed by atoms with van der Waals surface area (Å²) in [7, 11) is 1.61. The van der Waals surface area contributed by atoms with E-state index in [-0.39, 0.29) is 11.9 Å². The standard InChI is InChI=1S/C24H26ClN3O3S/c1-3-31-20-10-9-16(13-21(20)30-2)14-22-23(29)28(17-7-5-4-6-8-17)24(32-22)27-19-11-12-26-15-18(19)25/h9-15,17H,3-8H2,1-2H3/b22-14-,27-24?. The zero-order valence-corrected chi connectivity index (χ0v) is 19.8. The van der Waals surface area contributed by atoms with Crippen molar-refractivity contribution < 1.29 is 14.3 Å². The molecule has 0 atom stereocenters. The summed E-state index contributed by atoms with van der Waals surface area (Å²) in [5, 5.41) is 1.13. The van der Waals surface area contributed by atoms with Gasteiger partial charge in [0.25, 0.3) is 5.91 Å². The highest BCUT2D eigenvalue weighted by Gasteiger charge is 2.38. The number of halogens is 1. The molecule has 0 spiro atoms. The second kappa shape index (κ2) is 10.4. The number of amides is 1. The predicted octanol–water partition coefficient (Wildman–Crippen LogP) is 6.08. The third-order valence-corrected chi connectivity index (χ3v) is 6.80. The van der Waals surface area contributed by atoms with Gasteiger partial charge in [-0.3, -0.25) is 14.7 Å². The van der Waals surface area contributed by atoms with Gasteiger partial charge in [0.1, 0.15) is 0 Å². The van der Waals surface area contributed by atoms with E-state index >= 15 is 0 Å². The largest absolute Gasteiger partial charge is 0.493 e. The first-order valence-electron chi connectivity index (χ1n) is 10.8. The molecule has 2 aromatic rings. The van der Waals surface area contributed by atoms with Crippen LogP contribution in [-0.4, -0.2) is 40.7 Å². The highest BCUT2D eigenvalue weighted by atomic mass is 35.5. The SMILES string of the molecule is CCOc1ccc(/C=C2\SC(=Nc3ccncc3Cl)N(C3CCCCC3)C2=O)cc1OC. The van der Waals surface area contributed by atoms with E-state index in [1.165, 1.54) is 18.2 Å². The molecule has 1 aliphatic heterocycles. The molecule has 1 aromatic heterocycles. The van der Waals surface area contributed by atoms with Crippen LogP contribution >= 0.6 is 23.4 Å². The van der Waals surface area contributed by atoms with Crippen molar-refractivity contribution in [1.29, 1.82) is 0 Å². The molecular formula is C24H26ClN3O3S. The van der Waals surface area contributed by atoms with E-state index < -0.39 is 0 Å². The molecule has 0 unspecified atom stereocenters. The monoisotopic (exact) mass is 471 g/mol. The molecule has 2 fully saturated rings. The average Bonchev–Trinajstić information content (AvgIpc) is 3.11. The number of aromatic nitrogens is 1. The molecule has 1 saturated carbocycles. The highest BCUT2D eigenvalue weighted by molar-refractivity contribution is 8.18. The van der Waals surface area contributed by atoms with Gasteiger partial charge in [0.15, 0.2) is 16.7 Å². The van der Waals surface area contributed by atoms with E-state index in [0.717, 1.165) is 31.2 Å². The average molecular weight is 472 g/mol. The lowest BCUT2D eigenvalue weighted by Gasteiger charge is -2.30. The minimum atomic E-state index is -0.0151. The molecule has 8 heteroatoms. The molecule has 0 bridgehead atoms. The third-order valence-electron chi connectivity index (χ3n) is 5.53. The summed E-state index contributed by atoms with van der Waals surface area (Å²) in [6, 6.07) is 7.59. The van der Waals surface area contributed by atoms with Gasteiger partial charge in [-0.25, -0.2) is 4.99 Å². The number of amidine groups is 1. The number of methoxy groups -OCH3 is 1. The Morgan fingerprint density at radius 2 is 2.06 bits per heavy atom. The van der Waals surface area contributed by atoms with Crippen molar-refractivity contribution >= 4 is 46.2 Å². The Kier molecular flexibility index (Phi) is 7.37. The maximum absolute atomic E-state index is 13.5. The fraction of sp³-hybridized carbons (Fsp3) is 0.375. The van der Waals surface area contributed by atoms with E-state index in [1.54, 1.807) is 25.6 Å². The first kappa shape index (κ1) is 22.7. The molecule has 32 heavy (non-hydrogen) atoms. The van der Waals surface area contributed by atoms with E-state index in [2.05, 4.69) is 4.98 Å². The molecule has 2 aliphatic rings. The van der Waals surface area contributed by atoms with Crippen LogP contribution in [0.15, 0.2) is 46.6 Å². The van der Waals surface area contributed by atoms with Gasteiger partial charge in [-0.2, -0.15) is 0 Å². The summed E-state index contributed by atoms with van der Waals surface area (Å²) in [6.45, 7) is 2.48. The van der Waals surface area contributed by atoms with Crippen LogP contribution < -0.4 is 9.47 Å². The maximum Gasteiger partial charge on any atom is 0.267 e. The molecule has 1 amide bonds. The molecule has 0 radical (unpaired) electrons. The van der Waals surface area contributed by atoms with Crippen LogP contribution in [0.3, 0.4) is 0 Å². The van der Waals surface area contributed by atoms with Crippen molar-refractivity contribution in [2.24, 2.45) is 4.99 Å². The Morgan fingerprint density at radius 3 is 2.78 bits per heavy atom. The van der Waals surface area contributed by atoms with Gasteiger partial charge in [0.05, 0.1) is 29.3 Å². The van der Waals surface area contributed by atoms with Gasteiger partial charge in [0, 0.05) is 18.4 Å². The van der Waals surface area contributed by atoms with Gasteiger partial charge < -0.3 is 9.47 Å². The fourth-order valence-corrected chi connectivity index (χ4v) is 5.20. The van der Waals surface area contributed by atoms with Crippen molar-refractivity contribution in [2.75, 3.05) is 13.7 Å². The second-order valence-corrected chi connectivity index (χ2v) is 9.06. The quantitative estimate of drug-likeness (QED) is 0.478. The van der Waals surface area contributed by atoms with Crippen LogP contribution in [-0.2, 0) is 4.79 Å². The van der Waals surface area contributed by atoms with Crippen molar-refractivity contribution in [2.45, 2.75) is 45.1 Å². The Labute approximate surface area is 197 Å². The number of carbonyl (C=O) groups is 1. The van der Waals surface area contributed by atoms with Gasteiger partial charge in [-0.1, -0.05) is 36.9 Å². The number of nitrogens with zero attached hydrogens (tertiary/aromatic N) is 3. The number of aliphatic imine (C=N–C) groups is 1. The first-order valence-corrected chi connectivity index (χ1v) is 12.0. The van der Waals surface area contributed by atoms with Crippen molar-refractivity contribution in [1.82, 2.24) is 9.88 Å². The Morgan fingerprint density at radius 1 is 1.25 bits per heavy atom. The maximum atomic E-state index is 13.5. The van der Waals surface area contributed by atoms with Crippen LogP contribution in [0.5, 0.6) is 11.5 Å².